The fourth-order valence-corrected chi connectivity index (χ4v) is 2.89. The van der Waals surface area contributed by atoms with Crippen molar-refractivity contribution in [1.29, 1.82) is 0 Å². The van der Waals surface area contributed by atoms with Crippen LogP contribution in [0.1, 0.15) is 12.0 Å². The van der Waals surface area contributed by atoms with Crippen LogP contribution >= 0.6 is 15.9 Å². The molecule has 106 valence electrons. The molecule has 1 aromatic rings. The van der Waals surface area contributed by atoms with E-state index in [9.17, 15) is 0 Å². The predicted molar refractivity (Wildman–Crippen MR) is 77.9 cm³/mol. The highest BCUT2D eigenvalue weighted by molar-refractivity contribution is 9.10. The summed E-state index contributed by atoms with van der Waals surface area (Å²) < 4.78 is 16.9. The number of hydrogen-bond donors (Lipinski definition) is 1. The maximum absolute atomic E-state index is 5.36. The molecule has 1 fully saturated rings. The molecule has 2 rings (SSSR count). The highest BCUT2D eigenvalue weighted by atomic mass is 79.9. The number of nitrogens with one attached hydrogen (secondary N) is 1. The molecular formula is C14H20BrNO3. The lowest BCUT2D eigenvalue weighted by Crippen LogP contribution is -2.22. The lowest BCUT2D eigenvalue weighted by molar-refractivity contribution is 0.185. The van der Waals surface area contributed by atoms with Gasteiger partial charge in [-0.15, -0.1) is 0 Å². The Bertz CT molecular complexity index is 419. The highest BCUT2D eigenvalue weighted by Gasteiger charge is 2.15. The second-order valence-corrected chi connectivity index (χ2v) is 5.53. The van der Waals surface area contributed by atoms with Crippen molar-refractivity contribution in [1.82, 2.24) is 5.32 Å². The van der Waals surface area contributed by atoms with Crippen molar-refractivity contribution < 1.29 is 14.2 Å². The minimum absolute atomic E-state index is 0.642. The molecule has 1 N–H and O–H groups in total. The third-order valence-corrected chi connectivity index (χ3v) is 3.87. The summed E-state index contributed by atoms with van der Waals surface area (Å²) in [6, 6.07) is 4.06. The van der Waals surface area contributed by atoms with Gasteiger partial charge in [-0.25, -0.2) is 0 Å². The van der Waals surface area contributed by atoms with E-state index in [-0.39, 0.29) is 0 Å². The maximum Gasteiger partial charge on any atom is 0.174 e. The SMILES string of the molecule is COc1cc(CNCC2CCOC2)cc(Br)c1OC. The highest BCUT2D eigenvalue weighted by Crippen LogP contribution is 2.36. The molecule has 0 saturated carbocycles. The number of benzene rings is 1. The van der Waals surface area contributed by atoms with Crippen LogP contribution in [-0.2, 0) is 11.3 Å². The molecule has 1 heterocycles. The van der Waals surface area contributed by atoms with Gasteiger partial charge in [0.05, 0.1) is 25.3 Å². The number of halogens is 1. The van der Waals surface area contributed by atoms with Crippen molar-refractivity contribution in [3.8, 4) is 11.5 Å². The van der Waals surface area contributed by atoms with Gasteiger partial charge in [-0.1, -0.05) is 0 Å². The van der Waals surface area contributed by atoms with Crippen LogP contribution in [0.4, 0.5) is 0 Å². The summed E-state index contributed by atoms with van der Waals surface area (Å²) in [7, 11) is 3.29. The van der Waals surface area contributed by atoms with Crippen LogP contribution < -0.4 is 14.8 Å². The molecule has 1 aromatic carbocycles. The summed E-state index contributed by atoms with van der Waals surface area (Å²) in [6.45, 7) is 3.58. The van der Waals surface area contributed by atoms with Crippen LogP contribution in [0, 0.1) is 5.92 Å². The first kappa shape index (κ1) is 14.6. The molecule has 0 aromatic heterocycles. The zero-order valence-electron chi connectivity index (χ0n) is 11.4. The lowest BCUT2D eigenvalue weighted by atomic mass is 10.1. The first-order valence-electron chi connectivity index (χ1n) is 6.43. The van der Waals surface area contributed by atoms with Crippen LogP contribution in [-0.4, -0.2) is 34.0 Å². The van der Waals surface area contributed by atoms with E-state index in [1.807, 2.05) is 6.07 Å². The standard InChI is InChI=1S/C14H20BrNO3/c1-17-13-6-11(5-12(15)14(13)18-2)8-16-7-10-3-4-19-9-10/h5-6,10,16H,3-4,7-9H2,1-2H3. The maximum atomic E-state index is 5.36. The number of hydrogen-bond acceptors (Lipinski definition) is 4. The fourth-order valence-electron chi connectivity index (χ4n) is 2.24. The second-order valence-electron chi connectivity index (χ2n) is 4.67. The van der Waals surface area contributed by atoms with Crippen molar-refractivity contribution in [2.24, 2.45) is 5.92 Å². The Hall–Kier alpha value is -0.780. The smallest absolute Gasteiger partial charge is 0.174 e. The van der Waals surface area contributed by atoms with Crippen molar-refractivity contribution in [2.45, 2.75) is 13.0 Å². The topological polar surface area (TPSA) is 39.7 Å². The average Bonchev–Trinajstić information content (AvgIpc) is 2.91. The summed E-state index contributed by atoms with van der Waals surface area (Å²) in [5.74, 6) is 2.12. The number of ether oxygens (including phenoxy) is 3. The molecule has 0 aliphatic carbocycles. The number of rotatable bonds is 6. The first-order chi connectivity index (χ1) is 9.24. The molecule has 1 aliphatic rings. The molecular weight excluding hydrogens is 310 g/mol. The van der Waals surface area contributed by atoms with Gasteiger partial charge in [0.2, 0.25) is 0 Å². The summed E-state index contributed by atoms with van der Waals surface area (Å²) in [4.78, 5) is 0. The van der Waals surface area contributed by atoms with Gasteiger partial charge in [0.25, 0.3) is 0 Å². The van der Waals surface area contributed by atoms with Gasteiger partial charge < -0.3 is 19.5 Å². The van der Waals surface area contributed by atoms with Crippen LogP contribution in [0.3, 0.4) is 0 Å². The number of methoxy groups -OCH3 is 2. The van der Waals surface area contributed by atoms with Gasteiger partial charge >= 0.3 is 0 Å². The normalized spacial score (nSPS) is 18.6. The van der Waals surface area contributed by atoms with Gasteiger partial charge in [-0.3, -0.25) is 0 Å². The van der Waals surface area contributed by atoms with E-state index < -0.39 is 0 Å². The van der Waals surface area contributed by atoms with Gasteiger partial charge in [-0.05, 0) is 46.0 Å². The van der Waals surface area contributed by atoms with E-state index in [0.717, 1.165) is 48.7 Å². The van der Waals surface area contributed by atoms with Crippen LogP contribution in [0.2, 0.25) is 0 Å². The summed E-state index contributed by atoms with van der Waals surface area (Å²) in [5.41, 5.74) is 1.17. The molecule has 0 bridgehead atoms. The second kappa shape index (κ2) is 7.12. The van der Waals surface area contributed by atoms with E-state index in [0.29, 0.717) is 5.92 Å². The molecule has 1 unspecified atom stereocenters. The molecule has 1 atom stereocenters. The van der Waals surface area contributed by atoms with Crippen LogP contribution in [0.15, 0.2) is 16.6 Å². The molecule has 1 saturated heterocycles. The largest absolute Gasteiger partial charge is 0.493 e. The molecule has 5 heteroatoms. The van der Waals surface area contributed by atoms with Crippen molar-refractivity contribution in [3.63, 3.8) is 0 Å². The third kappa shape index (κ3) is 3.84. The van der Waals surface area contributed by atoms with E-state index >= 15 is 0 Å². The Kier molecular flexibility index (Phi) is 5.48. The summed E-state index contributed by atoms with van der Waals surface area (Å²) in [5, 5.41) is 3.46. The van der Waals surface area contributed by atoms with Crippen LogP contribution in [0.25, 0.3) is 0 Å². The van der Waals surface area contributed by atoms with E-state index in [1.54, 1.807) is 14.2 Å². The Morgan fingerprint density at radius 1 is 1.37 bits per heavy atom. The average molecular weight is 330 g/mol. The fraction of sp³-hybridized carbons (Fsp3) is 0.571. The van der Waals surface area contributed by atoms with E-state index in [4.69, 9.17) is 14.2 Å². The Morgan fingerprint density at radius 2 is 2.21 bits per heavy atom. The van der Waals surface area contributed by atoms with Gasteiger partial charge in [0.1, 0.15) is 0 Å². The van der Waals surface area contributed by atoms with Gasteiger partial charge in [0.15, 0.2) is 11.5 Å². The van der Waals surface area contributed by atoms with Gasteiger partial charge in [0, 0.05) is 19.7 Å². The lowest BCUT2D eigenvalue weighted by Gasteiger charge is -2.13. The van der Waals surface area contributed by atoms with Crippen molar-refractivity contribution >= 4 is 15.9 Å². The molecule has 1 aliphatic heterocycles. The summed E-state index contributed by atoms with van der Waals surface area (Å²) in [6.07, 6.45) is 1.16. The molecule has 0 radical (unpaired) electrons. The minimum atomic E-state index is 0.642. The quantitative estimate of drug-likeness (QED) is 0.870. The first-order valence-corrected chi connectivity index (χ1v) is 7.22. The minimum Gasteiger partial charge on any atom is -0.493 e. The Labute approximate surface area is 122 Å². The van der Waals surface area contributed by atoms with E-state index in [2.05, 4.69) is 27.3 Å². The predicted octanol–water partition coefficient (Wildman–Crippen LogP) is 2.59. The van der Waals surface area contributed by atoms with Crippen LogP contribution in [0.5, 0.6) is 11.5 Å². The zero-order valence-corrected chi connectivity index (χ0v) is 13.0. The Morgan fingerprint density at radius 3 is 2.84 bits per heavy atom. The molecule has 19 heavy (non-hydrogen) atoms. The molecule has 0 amide bonds. The third-order valence-electron chi connectivity index (χ3n) is 3.28. The molecule has 0 spiro atoms. The summed E-state index contributed by atoms with van der Waals surface area (Å²) >= 11 is 3.50. The van der Waals surface area contributed by atoms with Crippen molar-refractivity contribution in [2.75, 3.05) is 34.0 Å². The zero-order chi connectivity index (χ0) is 13.7. The van der Waals surface area contributed by atoms with Gasteiger partial charge in [-0.2, -0.15) is 0 Å². The Balaban J connectivity index is 1.94. The molecule has 4 nitrogen and oxygen atoms in total. The van der Waals surface area contributed by atoms with E-state index in [1.165, 1.54) is 5.56 Å². The van der Waals surface area contributed by atoms with Crippen molar-refractivity contribution in [3.05, 3.63) is 22.2 Å². The monoisotopic (exact) mass is 329 g/mol.